The molecule has 20 heavy (non-hydrogen) atoms. The Morgan fingerprint density at radius 1 is 1.20 bits per heavy atom. The lowest BCUT2D eigenvalue weighted by atomic mass is 10.1. The van der Waals surface area contributed by atoms with Crippen LogP contribution in [0.4, 0.5) is 5.69 Å². The zero-order valence-electron chi connectivity index (χ0n) is 12.2. The summed E-state index contributed by atoms with van der Waals surface area (Å²) < 4.78 is 5.41. The first-order valence-corrected chi connectivity index (χ1v) is 7.21. The maximum Gasteiger partial charge on any atom is 0.123 e. The number of aliphatic hydroxyl groups excluding tert-OH is 1. The lowest BCUT2D eigenvalue weighted by Gasteiger charge is -2.22. The molecule has 112 valence electrons. The Kier molecular flexibility index (Phi) is 5.64. The number of nitrogens with two attached hydrogens (primary N) is 1. The van der Waals surface area contributed by atoms with Gasteiger partial charge in [-0.25, -0.2) is 0 Å². The topological polar surface area (TPSA) is 62.0 Å². The third-order valence-corrected chi connectivity index (χ3v) is 3.80. The largest absolute Gasteiger partial charge is 0.496 e. The number of nitrogens with zero attached hydrogens (tertiary/aromatic N) is 2. The van der Waals surface area contributed by atoms with Gasteiger partial charge < -0.3 is 15.6 Å². The lowest BCUT2D eigenvalue weighted by molar-refractivity contribution is 0.195. The predicted molar refractivity (Wildman–Crippen MR) is 80.8 cm³/mol. The number of nitrogen functional groups attached to an aromatic ring is 1. The molecule has 2 rings (SSSR count). The van der Waals surface area contributed by atoms with Crippen molar-refractivity contribution in [3.05, 3.63) is 23.8 Å². The van der Waals surface area contributed by atoms with Crippen LogP contribution in [0.15, 0.2) is 18.2 Å². The highest BCUT2D eigenvalue weighted by Gasteiger charge is 2.16. The maximum atomic E-state index is 9.02. The summed E-state index contributed by atoms with van der Waals surface area (Å²) in [6.45, 7) is 6.02. The van der Waals surface area contributed by atoms with Crippen LogP contribution in [0.1, 0.15) is 12.0 Å². The van der Waals surface area contributed by atoms with Crippen molar-refractivity contribution in [1.29, 1.82) is 0 Å². The van der Waals surface area contributed by atoms with Gasteiger partial charge in [-0.05, 0) is 37.7 Å². The molecule has 1 aromatic carbocycles. The van der Waals surface area contributed by atoms with E-state index in [1.54, 1.807) is 7.11 Å². The molecule has 1 heterocycles. The summed E-state index contributed by atoms with van der Waals surface area (Å²) in [4.78, 5) is 4.74. The van der Waals surface area contributed by atoms with E-state index < -0.39 is 0 Å². The molecule has 5 nitrogen and oxygen atoms in total. The minimum absolute atomic E-state index is 0.239. The van der Waals surface area contributed by atoms with Crippen molar-refractivity contribution in [3.8, 4) is 5.75 Å². The van der Waals surface area contributed by atoms with Crippen LogP contribution in [0.2, 0.25) is 0 Å². The number of hydrogen-bond donors (Lipinski definition) is 2. The van der Waals surface area contributed by atoms with Crippen LogP contribution in [0.5, 0.6) is 5.75 Å². The molecule has 1 saturated heterocycles. The first-order valence-electron chi connectivity index (χ1n) is 7.21. The lowest BCUT2D eigenvalue weighted by Crippen LogP contribution is -2.32. The Morgan fingerprint density at radius 2 is 1.95 bits per heavy atom. The Balaban J connectivity index is 1.97. The predicted octanol–water partition coefficient (Wildman–Crippen LogP) is 0.777. The molecular weight excluding hydrogens is 254 g/mol. The zero-order chi connectivity index (χ0) is 14.4. The summed E-state index contributed by atoms with van der Waals surface area (Å²) >= 11 is 0. The highest BCUT2D eigenvalue weighted by Crippen LogP contribution is 2.23. The molecule has 0 radical (unpaired) electrons. The van der Waals surface area contributed by atoms with E-state index in [-0.39, 0.29) is 6.61 Å². The van der Waals surface area contributed by atoms with Crippen molar-refractivity contribution in [2.45, 2.75) is 13.0 Å². The van der Waals surface area contributed by atoms with Gasteiger partial charge in [-0.2, -0.15) is 0 Å². The summed E-state index contributed by atoms with van der Waals surface area (Å²) in [5, 5.41) is 9.02. The van der Waals surface area contributed by atoms with E-state index in [4.69, 9.17) is 15.6 Å². The average Bonchev–Trinajstić information content (AvgIpc) is 2.65. The van der Waals surface area contributed by atoms with Crippen LogP contribution < -0.4 is 10.5 Å². The summed E-state index contributed by atoms with van der Waals surface area (Å²) in [5.41, 5.74) is 7.79. The number of aliphatic hydroxyl groups is 1. The maximum absolute atomic E-state index is 9.02. The third-order valence-electron chi connectivity index (χ3n) is 3.80. The molecular formula is C15H25N3O2. The number of methoxy groups -OCH3 is 1. The van der Waals surface area contributed by atoms with Gasteiger partial charge in [0.15, 0.2) is 0 Å². The number of rotatable bonds is 5. The molecule has 0 amide bonds. The molecule has 1 aliphatic rings. The molecule has 1 fully saturated rings. The van der Waals surface area contributed by atoms with Crippen LogP contribution in [0, 0.1) is 0 Å². The Labute approximate surface area is 120 Å². The number of β-amino-alcohol motifs (C(OH)–C–C–N with tert-alkyl or cyclic N) is 1. The molecule has 1 aromatic rings. The SMILES string of the molecule is COc1ccc(N)cc1CN1CCCN(CCO)CC1. The fourth-order valence-corrected chi connectivity index (χ4v) is 2.71. The number of anilines is 1. The Bertz CT molecular complexity index is 426. The van der Waals surface area contributed by atoms with Crippen LogP contribution >= 0.6 is 0 Å². The second-order valence-electron chi connectivity index (χ2n) is 5.27. The fourth-order valence-electron chi connectivity index (χ4n) is 2.71. The van der Waals surface area contributed by atoms with Crippen molar-refractivity contribution in [2.24, 2.45) is 0 Å². The van der Waals surface area contributed by atoms with Crippen molar-refractivity contribution in [3.63, 3.8) is 0 Å². The Morgan fingerprint density at radius 3 is 2.70 bits per heavy atom. The summed E-state index contributed by atoms with van der Waals surface area (Å²) in [6.07, 6.45) is 1.13. The molecule has 0 saturated carbocycles. The standard InChI is InChI=1S/C15H25N3O2/c1-20-15-4-3-14(16)11-13(15)12-18-6-2-5-17(7-8-18)9-10-19/h3-4,11,19H,2,5-10,12,16H2,1H3. The Hall–Kier alpha value is -1.30. The van der Waals surface area contributed by atoms with Crippen molar-refractivity contribution in [2.75, 3.05) is 52.2 Å². The van der Waals surface area contributed by atoms with Crippen LogP contribution in [0.25, 0.3) is 0 Å². The van der Waals surface area contributed by atoms with Gasteiger partial charge in [-0.15, -0.1) is 0 Å². The first kappa shape index (κ1) is 15.1. The fraction of sp³-hybridized carbons (Fsp3) is 0.600. The molecule has 0 bridgehead atoms. The van der Waals surface area contributed by atoms with Crippen molar-refractivity contribution >= 4 is 5.69 Å². The normalized spacial score (nSPS) is 17.9. The van der Waals surface area contributed by atoms with E-state index >= 15 is 0 Å². The smallest absolute Gasteiger partial charge is 0.123 e. The number of ether oxygens (including phenoxy) is 1. The first-order chi connectivity index (χ1) is 9.72. The van der Waals surface area contributed by atoms with Gasteiger partial charge in [-0.1, -0.05) is 0 Å². The average molecular weight is 279 g/mol. The van der Waals surface area contributed by atoms with Gasteiger partial charge in [0.05, 0.1) is 13.7 Å². The number of hydrogen-bond acceptors (Lipinski definition) is 5. The van der Waals surface area contributed by atoms with E-state index in [9.17, 15) is 0 Å². The van der Waals surface area contributed by atoms with Gasteiger partial charge in [0.1, 0.15) is 5.75 Å². The summed E-state index contributed by atoms with van der Waals surface area (Å²) in [7, 11) is 1.69. The molecule has 5 heteroatoms. The molecule has 3 N–H and O–H groups in total. The molecule has 0 unspecified atom stereocenters. The zero-order valence-corrected chi connectivity index (χ0v) is 12.2. The quantitative estimate of drug-likeness (QED) is 0.780. The van der Waals surface area contributed by atoms with Gasteiger partial charge >= 0.3 is 0 Å². The summed E-state index contributed by atoms with van der Waals surface area (Å²) in [5.74, 6) is 0.899. The van der Waals surface area contributed by atoms with Crippen LogP contribution in [-0.2, 0) is 6.54 Å². The minimum Gasteiger partial charge on any atom is -0.496 e. The van der Waals surface area contributed by atoms with E-state index in [1.807, 2.05) is 18.2 Å². The highest BCUT2D eigenvalue weighted by molar-refractivity contribution is 5.47. The molecule has 0 atom stereocenters. The second-order valence-corrected chi connectivity index (χ2v) is 5.27. The monoisotopic (exact) mass is 279 g/mol. The van der Waals surface area contributed by atoms with E-state index in [2.05, 4.69) is 9.80 Å². The van der Waals surface area contributed by atoms with E-state index in [0.29, 0.717) is 0 Å². The highest BCUT2D eigenvalue weighted by atomic mass is 16.5. The summed E-state index contributed by atoms with van der Waals surface area (Å²) in [6, 6.07) is 5.80. The minimum atomic E-state index is 0.239. The molecule has 0 aromatic heterocycles. The van der Waals surface area contributed by atoms with Crippen molar-refractivity contribution in [1.82, 2.24) is 9.80 Å². The van der Waals surface area contributed by atoms with Gasteiger partial charge in [0.2, 0.25) is 0 Å². The molecule has 1 aliphatic heterocycles. The third kappa shape index (κ3) is 4.10. The number of benzene rings is 1. The van der Waals surface area contributed by atoms with Crippen molar-refractivity contribution < 1.29 is 9.84 Å². The van der Waals surface area contributed by atoms with E-state index in [1.165, 1.54) is 0 Å². The van der Waals surface area contributed by atoms with E-state index in [0.717, 1.165) is 62.7 Å². The van der Waals surface area contributed by atoms with Crippen LogP contribution in [0.3, 0.4) is 0 Å². The van der Waals surface area contributed by atoms with Gasteiger partial charge in [0, 0.05) is 37.4 Å². The molecule has 0 spiro atoms. The second kappa shape index (κ2) is 7.47. The van der Waals surface area contributed by atoms with Crippen LogP contribution in [-0.4, -0.2) is 61.3 Å². The van der Waals surface area contributed by atoms with Gasteiger partial charge in [0.25, 0.3) is 0 Å². The van der Waals surface area contributed by atoms with Gasteiger partial charge in [-0.3, -0.25) is 9.80 Å². The molecule has 0 aliphatic carbocycles.